The van der Waals surface area contributed by atoms with Gasteiger partial charge in [-0.25, -0.2) is 0 Å². The van der Waals surface area contributed by atoms with Crippen molar-refractivity contribution in [1.82, 2.24) is 20.5 Å². The Labute approximate surface area is 165 Å². The molecular formula is C21H26N4O3. The zero-order chi connectivity index (χ0) is 19.8. The van der Waals surface area contributed by atoms with E-state index in [2.05, 4.69) is 20.5 Å². The minimum absolute atomic E-state index is 0.103. The van der Waals surface area contributed by atoms with Crippen LogP contribution in [0.2, 0.25) is 0 Å². The van der Waals surface area contributed by atoms with Crippen LogP contribution in [-0.2, 0) is 22.7 Å². The highest BCUT2D eigenvalue weighted by molar-refractivity contribution is 5.88. The third kappa shape index (κ3) is 5.53. The topological polar surface area (TPSA) is 83.6 Å². The minimum atomic E-state index is -0.478. The van der Waals surface area contributed by atoms with Gasteiger partial charge < -0.3 is 15.4 Å². The summed E-state index contributed by atoms with van der Waals surface area (Å²) in [5.74, 6) is 0.574. The SMILES string of the molecule is CCOc1ccc(CN2CCNC(=O)[C@H]2CC(=O)NCc2cccnc2)cc1. The number of hydrogen-bond acceptors (Lipinski definition) is 5. The van der Waals surface area contributed by atoms with Crippen LogP contribution in [0.15, 0.2) is 48.8 Å². The van der Waals surface area contributed by atoms with Crippen LogP contribution in [0.5, 0.6) is 5.75 Å². The lowest BCUT2D eigenvalue weighted by Crippen LogP contribution is -2.56. The number of rotatable bonds is 8. The second kappa shape index (κ2) is 9.85. The summed E-state index contributed by atoms with van der Waals surface area (Å²) in [6.45, 7) is 4.88. The van der Waals surface area contributed by atoms with Gasteiger partial charge >= 0.3 is 0 Å². The summed E-state index contributed by atoms with van der Waals surface area (Å²) in [6.07, 6.45) is 3.53. The van der Waals surface area contributed by atoms with Crippen molar-refractivity contribution in [3.8, 4) is 5.75 Å². The predicted molar refractivity (Wildman–Crippen MR) is 106 cm³/mol. The normalized spacial score (nSPS) is 17.0. The number of carbonyl (C=O) groups excluding carboxylic acids is 2. The van der Waals surface area contributed by atoms with Crippen LogP contribution in [-0.4, -0.2) is 47.4 Å². The highest BCUT2D eigenvalue weighted by Gasteiger charge is 2.31. The van der Waals surface area contributed by atoms with Crippen molar-refractivity contribution in [1.29, 1.82) is 0 Å². The molecule has 148 valence electrons. The van der Waals surface area contributed by atoms with E-state index in [4.69, 9.17) is 4.74 Å². The van der Waals surface area contributed by atoms with Crippen LogP contribution in [0.1, 0.15) is 24.5 Å². The van der Waals surface area contributed by atoms with Crippen molar-refractivity contribution in [2.45, 2.75) is 32.5 Å². The number of nitrogens with one attached hydrogen (secondary N) is 2. The van der Waals surface area contributed by atoms with Crippen molar-refractivity contribution in [2.24, 2.45) is 0 Å². The molecule has 1 aromatic heterocycles. The Bertz CT molecular complexity index is 780. The molecule has 1 fully saturated rings. The lowest BCUT2D eigenvalue weighted by atomic mass is 10.1. The third-order valence-corrected chi connectivity index (χ3v) is 4.65. The average Bonchev–Trinajstić information content (AvgIpc) is 2.71. The fraction of sp³-hybridized carbons (Fsp3) is 0.381. The molecule has 2 amide bonds. The van der Waals surface area contributed by atoms with Gasteiger partial charge in [-0.1, -0.05) is 18.2 Å². The van der Waals surface area contributed by atoms with Crippen molar-refractivity contribution in [3.05, 3.63) is 59.9 Å². The number of hydrogen-bond donors (Lipinski definition) is 2. The molecule has 1 aliphatic heterocycles. The van der Waals surface area contributed by atoms with Crippen LogP contribution >= 0.6 is 0 Å². The first kappa shape index (κ1) is 19.8. The molecule has 28 heavy (non-hydrogen) atoms. The first-order valence-corrected chi connectivity index (χ1v) is 9.55. The Morgan fingerprint density at radius 2 is 2.11 bits per heavy atom. The minimum Gasteiger partial charge on any atom is -0.494 e. The molecule has 2 N–H and O–H groups in total. The first-order valence-electron chi connectivity index (χ1n) is 9.55. The molecule has 0 spiro atoms. The zero-order valence-electron chi connectivity index (χ0n) is 16.1. The molecule has 1 aliphatic rings. The molecule has 0 bridgehead atoms. The van der Waals surface area contributed by atoms with Crippen LogP contribution in [0.4, 0.5) is 0 Å². The van der Waals surface area contributed by atoms with E-state index in [9.17, 15) is 9.59 Å². The number of carbonyl (C=O) groups is 2. The Morgan fingerprint density at radius 1 is 1.29 bits per heavy atom. The van der Waals surface area contributed by atoms with Crippen molar-refractivity contribution in [2.75, 3.05) is 19.7 Å². The molecule has 2 heterocycles. The summed E-state index contributed by atoms with van der Waals surface area (Å²) < 4.78 is 5.47. The van der Waals surface area contributed by atoms with E-state index in [0.29, 0.717) is 32.8 Å². The van der Waals surface area contributed by atoms with E-state index in [0.717, 1.165) is 16.9 Å². The standard InChI is InChI=1S/C21H26N4O3/c1-2-28-18-7-5-16(6-8-18)15-25-11-10-23-21(27)19(25)12-20(26)24-14-17-4-3-9-22-13-17/h3-9,13,19H,2,10-12,14-15H2,1H3,(H,23,27)(H,24,26)/t19-/m1/s1. The molecule has 1 saturated heterocycles. The Kier molecular flexibility index (Phi) is 6.97. The summed E-state index contributed by atoms with van der Waals surface area (Å²) in [6, 6.07) is 11.1. The van der Waals surface area contributed by atoms with Gasteiger partial charge in [-0.2, -0.15) is 0 Å². The van der Waals surface area contributed by atoms with E-state index in [1.807, 2.05) is 43.3 Å². The average molecular weight is 382 g/mol. The van der Waals surface area contributed by atoms with Crippen molar-refractivity contribution < 1.29 is 14.3 Å². The number of amides is 2. The summed E-state index contributed by atoms with van der Waals surface area (Å²) in [5.41, 5.74) is 2.01. The van der Waals surface area contributed by atoms with Gasteiger partial charge in [-0.15, -0.1) is 0 Å². The number of aromatic nitrogens is 1. The monoisotopic (exact) mass is 382 g/mol. The highest BCUT2D eigenvalue weighted by Crippen LogP contribution is 2.17. The fourth-order valence-electron chi connectivity index (χ4n) is 3.22. The maximum Gasteiger partial charge on any atom is 0.237 e. The van der Waals surface area contributed by atoms with Gasteiger partial charge in [0.25, 0.3) is 0 Å². The molecule has 1 aromatic carbocycles. The van der Waals surface area contributed by atoms with Crippen molar-refractivity contribution >= 4 is 11.8 Å². The Morgan fingerprint density at radius 3 is 2.82 bits per heavy atom. The number of ether oxygens (including phenoxy) is 1. The second-order valence-electron chi connectivity index (χ2n) is 6.70. The third-order valence-electron chi connectivity index (χ3n) is 4.65. The molecule has 0 radical (unpaired) electrons. The smallest absolute Gasteiger partial charge is 0.237 e. The number of piperazine rings is 1. The molecule has 0 unspecified atom stereocenters. The van der Waals surface area contributed by atoms with Crippen LogP contribution in [0.3, 0.4) is 0 Å². The largest absolute Gasteiger partial charge is 0.494 e. The number of pyridine rings is 1. The van der Waals surface area contributed by atoms with Gasteiger partial charge in [0.2, 0.25) is 11.8 Å². The van der Waals surface area contributed by atoms with Crippen LogP contribution < -0.4 is 15.4 Å². The zero-order valence-corrected chi connectivity index (χ0v) is 16.1. The molecule has 0 saturated carbocycles. The first-order chi connectivity index (χ1) is 13.7. The van der Waals surface area contributed by atoms with E-state index in [1.54, 1.807) is 12.4 Å². The summed E-state index contributed by atoms with van der Waals surface area (Å²) in [7, 11) is 0. The highest BCUT2D eigenvalue weighted by atomic mass is 16.5. The molecule has 0 aliphatic carbocycles. The number of nitrogens with zero attached hydrogens (tertiary/aromatic N) is 2. The van der Waals surface area contributed by atoms with Crippen LogP contribution in [0.25, 0.3) is 0 Å². The quantitative estimate of drug-likeness (QED) is 0.723. The van der Waals surface area contributed by atoms with Gasteiger partial charge in [0, 0.05) is 38.6 Å². The fourth-order valence-corrected chi connectivity index (χ4v) is 3.22. The van der Waals surface area contributed by atoms with Crippen LogP contribution in [0, 0.1) is 0 Å². The molecule has 1 atom stereocenters. The summed E-state index contributed by atoms with van der Waals surface area (Å²) in [4.78, 5) is 30.9. The Hall–Kier alpha value is -2.93. The summed E-state index contributed by atoms with van der Waals surface area (Å²) >= 11 is 0. The number of benzene rings is 1. The lowest BCUT2D eigenvalue weighted by molar-refractivity contribution is -0.134. The van der Waals surface area contributed by atoms with E-state index < -0.39 is 6.04 Å². The molecular weight excluding hydrogens is 356 g/mol. The van der Waals surface area contributed by atoms with Gasteiger partial charge in [0.15, 0.2) is 0 Å². The summed E-state index contributed by atoms with van der Waals surface area (Å²) in [5, 5.41) is 5.73. The van der Waals surface area contributed by atoms with Crippen molar-refractivity contribution in [3.63, 3.8) is 0 Å². The van der Waals surface area contributed by atoms with E-state index >= 15 is 0 Å². The molecule has 2 aromatic rings. The molecule has 7 heteroatoms. The molecule has 7 nitrogen and oxygen atoms in total. The van der Waals surface area contributed by atoms with Gasteiger partial charge in [0.1, 0.15) is 5.75 Å². The van der Waals surface area contributed by atoms with Gasteiger partial charge in [-0.05, 0) is 36.2 Å². The van der Waals surface area contributed by atoms with E-state index in [1.165, 1.54) is 0 Å². The Balaban J connectivity index is 1.58. The maximum atomic E-state index is 12.4. The van der Waals surface area contributed by atoms with E-state index in [-0.39, 0.29) is 18.2 Å². The molecule has 3 rings (SSSR count). The maximum absolute atomic E-state index is 12.4. The predicted octanol–water partition coefficient (Wildman–Crippen LogP) is 1.49. The second-order valence-corrected chi connectivity index (χ2v) is 6.70. The van der Waals surface area contributed by atoms with Gasteiger partial charge in [0.05, 0.1) is 19.1 Å². The lowest BCUT2D eigenvalue weighted by Gasteiger charge is -2.34. The van der Waals surface area contributed by atoms with Gasteiger partial charge in [-0.3, -0.25) is 19.5 Å².